The highest BCUT2D eigenvalue weighted by molar-refractivity contribution is 5.81. The van der Waals surface area contributed by atoms with Gasteiger partial charge in [0.15, 0.2) is 0 Å². The Morgan fingerprint density at radius 1 is 1.20 bits per heavy atom. The highest BCUT2D eigenvalue weighted by Gasteiger charge is 2.59. The predicted octanol–water partition coefficient (Wildman–Crippen LogP) is 2.40. The standard InChI is InChI=1S/C22H31N5O3/c1-12-5-18(25-13(2)24-12)26-17-3-4-27(11-17)21(29)30-19-15-6-14-7-16(19)10-22(8-14,9-15)20(23)28/h5,14-17,19H,3-4,6-11H2,1-2H3,(H2,23,28)(H,24,25,26)/t14?,15-,16?,17+,19?,22-/m0/s1. The fourth-order valence-corrected chi connectivity index (χ4v) is 6.71. The van der Waals surface area contributed by atoms with Crippen LogP contribution in [0, 0.1) is 37.0 Å². The highest BCUT2D eigenvalue weighted by Crippen LogP contribution is 2.60. The summed E-state index contributed by atoms with van der Waals surface area (Å²) in [7, 11) is 0. The topological polar surface area (TPSA) is 110 Å². The van der Waals surface area contributed by atoms with Gasteiger partial charge < -0.3 is 20.7 Å². The average molecular weight is 414 g/mol. The number of ether oxygens (including phenoxy) is 1. The van der Waals surface area contributed by atoms with Crippen LogP contribution in [0.5, 0.6) is 0 Å². The third kappa shape index (κ3) is 3.40. The summed E-state index contributed by atoms with van der Waals surface area (Å²) in [6.07, 6.45) is 5.17. The third-order valence-electron chi connectivity index (χ3n) is 7.71. The summed E-state index contributed by atoms with van der Waals surface area (Å²) in [4.78, 5) is 35.6. The van der Waals surface area contributed by atoms with E-state index in [-0.39, 0.29) is 41.4 Å². The number of amides is 2. The molecule has 1 aromatic rings. The third-order valence-corrected chi connectivity index (χ3v) is 7.71. The summed E-state index contributed by atoms with van der Waals surface area (Å²) in [6.45, 7) is 5.11. The number of nitrogens with one attached hydrogen (secondary N) is 1. The summed E-state index contributed by atoms with van der Waals surface area (Å²) >= 11 is 0. The smallest absolute Gasteiger partial charge is 0.410 e. The number of rotatable bonds is 4. The van der Waals surface area contributed by atoms with E-state index in [0.29, 0.717) is 19.0 Å². The molecule has 4 bridgehead atoms. The first-order valence-corrected chi connectivity index (χ1v) is 11.2. The van der Waals surface area contributed by atoms with E-state index in [4.69, 9.17) is 10.5 Å². The van der Waals surface area contributed by atoms with Crippen LogP contribution in [-0.4, -0.2) is 52.1 Å². The fraction of sp³-hybridized carbons (Fsp3) is 0.727. The Kier molecular flexibility index (Phi) is 4.63. The van der Waals surface area contributed by atoms with Crippen LogP contribution < -0.4 is 11.1 Å². The average Bonchev–Trinajstić information content (AvgIpc) is 3.11. The van der Waals surface area contributed by atoms with Gasteiger partial charge in [-0.3, -0.25) is 4.79 Å². The lowest BCUT2D eigenvalue weighted by Crippen LogP contribution is -2.59. The van der Waals surface area contributed by atoms with Gasteiger partial charge in [0, 0.05) is 30.9 Å². The lowest BCUT2D eigenvalue weighted by molar-refractivity contribution is -0.161. The molecule has 2 heterocycles. The Morgan fingerprint density at radius 2 is 1.93 bits per heavy atom. The van der Waals surface area contributed by atoms with Crippen LogP contribution in [0.2, 0.25) is 0 Å². The molecule has 4 aliphatic carbocycles. The van der Waals surface area contributed by atoms with E-state index < -0.39 is 0 Å². The lowest BCUT2D eigenvalue weighted by atomic mass is 9.48. The zero-order chi connectivity index (χ0) is 21.0. The number of nitrogens with zero attached hydrogens (tertiary/aromatic N) is 3. The fourth-order valence-electron chi connectivity index (χ4n) is 6.71. The van der Waals surface area contributed by atoms with Gasteiger partial charge in [-0.25, -0.2) is 14.8 Å². The van der Waals surface area contributed by atoms with Crippen LogP contribution in [0.4, 0.5) is 10.6 Å². The van der Waals surface area contributed by atoms with Gasteiger partial charge in [-0.15, -0.1) is 0 Å². The summed E-state index contributed by atoms with van der Waals surface area (Å²) in [5.74, 6) is 2.49. The molecule has 5 aliphatic rings. The molecule has 6 atom stereocenters. The van der Waals surface area contributed by atoms with Crippen molar-refractivity contribution in [3.8, 4) is 0 Å². The number of carbonyl (C=O) groups excluding carboxylic acids is 2. The Hall–Kier alpha value is -2.38. The highest BCUT2D eigenvalue weighted by atomic mass is 16.6. The van der Waals surface area contributed by atoms with Crippen molar-refractivity contribution < 1.29 is 14.3 Å². The van der Waals surface area contributed by atoms with Crippen molar-refractivity contribution in [2.75, 3.05) is 18.4 Å². The first kappa shape index (κ1) is 19.6. The number of anilines is 1. The molecular weight excluding hydrogens is 382 g/mol. The van der Waals surface area contributed by atoms with Crippen molar-refractivity contribution in [2.24, 2.45) is 28.9 Å². The molecule has 1 aliphatic heterocycles. The van der Waals surface area contributed by atoms with Gasteiger partial charge in [0.25, 0.3) is 0 Å². The molecule has 8 nitrogen and oxygen atoms in total. The maximum absolute atomic E-state index is 12.9. The van der Waals surface area contributed by atoms with Crippen LogP contribution >= 0.6 is 0 Å². The van der Waals surface area contributed by atoms with Crippen molar-refractivity contribution in [3.05, 3.63) is 17.6 Å². The second-order valence-electron chi connectivity index (χ2n) is 9.98. The van der Waals surface area contributed by atoms with Crippen LogP contribution in [0.1, 0.15) is 50.0 Å². The van der Waals surface area contributed by atoms with E-state index in [1.54, 1.807) is 4.90 Å². The summed E-state index contributed by atoms with van der Waals surface area (Å²) in [5.41, 5.74) is 6.34. The molecule has 30 heavy (non-hydrogen) atoms. The van der Waals surface area contributed by atoms with Crippen molar-refractivity contribution >= 4 is 17.8 Å². The first-order chi connectivity index (χ1) is 14.3. The number of carbonyl (C=O) groups is 2. The molecule has 1 saturated heterocycles. The number of hydrogen-bond acceptors (Lipinski definition) is 6. The van der Waals surface area contributed by atoms with Gasteiger partial charge in [0.2, 0.25) is 5.91 Å². The van der Waals surface area contributed by atoms with E-state index in [9.17, 15) is 9.59 Å². The largest absolute Gasteiger partial charge is 0.446 e. The number of aromatic nitrogens is 2. The van der Waals surface area contributed by atoms with Gasteiger partial charge in [0.05, 0.1) is 5.41 Å². The Morgan fingerprint density at radius 3 is 2.60 bits per heavy atom. The molecular formula is C22H31N5O3. The van der Waals surface area contributed by atoms with Crippen LogP contribution in [-0.2, 0) is 9.53 Å². The molecule has 2 amide bonds. The van der Waals surface area contributed by atoms with Crippen molar-refractivity contribution in [2.45, 2.75) is 64.5 Å². The van der Waals surface area contributed by atoms with Crippen molar-refractivity contribution in [3.63, 3.8) is 0 Å². The molecule has 0 aromatic carbocycles. The number of nitrogens with two attached hydrogens (primary N) is 1. The van der Waals surface area contributed by atoms with Gasteiger partial charge in [-0.1, -0.05) is 0 Å². The molecule has 0 spiro atoms. The number of hydrogen-bond donors (Lipinski definition) is 2. The Balaban J connectivity index is 1.19. The van der Waals surface area contributed by atoms with E-state index in [0.717, 1.165) is 55.9 Å². The molecule has 3 unspecified atom stereocenters. The molecule has 162 valence electrons. The minimum atomic E-state index is -0.351. The molecule has 3 N–H and O–H groups in total. The van der Waals surface area contributed by atoms with E-state index in [1.807, 2.05) is 19.9 Å². The molecule has 1 aromatic heterocycles. The SMILES string of the molecule is Cc1cc(N[C@@H]2CCN(C(=O)OC3C4CC5C[C@H]3C[C@@](C(N)=O)(C5)C4)C2)nc(C)n1. The van der Waals surface area contributed by atoms with Crippen LogP contribution in [0.15, 0.2) is 6.07 Å². The molecule has 4 saturated carbocycles. The maximum atomic E-state index is 12.9. The number of aryl methyl sites for hydroxylation is 2. The Labute approximate surface area is 177 Å². The number of primary amides is 1. The molecule has 8 heteroatoms. The van der Waals surface area contributed by atoms with Crippen LogP contribution in [0.25, 0.3) is 0 Å². The van der Waals surface area contributed by atoms with Crippen LogP contribution in [0.3, 0.4) is 0 Å². The quantitative estimate of drug-likeness (QED) is 0.784. The van der Waals surface area contributed by atoms with E-state index in [2.05, 4.69) is 15.3 Å². The second kappa shape index (κ2) is 7.10. The second-order valence-corrected chi connectivity index (χ2v) is 9.98. The summed E-state index contributed by atoms with van der Waals surface area (Å²) in [6, 6.07) is 2.08. The summed E-state index contributed by atoms with van der Waals surface area (Å²) < 4.78 is 6.05. The monoisotopic (exact) mass is 413 g/mol. The Bertz CT molecular complexity index is 838. The predicted molar refractivity (Wildman–Crippen MR) is 111 cm³/mol. The zero-order valence-electron chi connectivity index (χ0n) is 17.8. The van der Waals surface area contributed by atoms with Crippen molar-refractivity contribution in [1.29, 1.82) is 0 Å². The van der Waals surface area contributed by atoms with Gasteiger partial charge in [0.1, 0.15) is 17.7 Å². The van der Waals surface area contributed by atoms with Gasteiger partial charge >= 0.3 is 6.09 Å². The molecule has 0 radical (unpaired) electrons. The zero-order valence-corrected chi connectivity index (χ0v) is 17.8. The number of likely N-dealkylation sites (tertiary alicyclic amines) is 1. The lowest BCUT2D eigenvalue weighted by Gasteiger charge is -2.58. The van der Waals surface area contributed by atoms with Crippen molar-refractivity contribution in [1.82, 2.24) is 14.9 Å². The van der Waals surface area contributed by atoms with Gasteiger partial charge in [-0.05, 0) is 70.1 Å². The van der Waals surface area contributed by atoms with E-state index >= 15 is 0 Å². The minimum absolute atomic E-state index is 0.0688. The maximum Gasteiger partial charge on any atom is 0.410 e. The molecule has 5 fully saturated rings. The van der Waals surface area contributed by atoms with E-state index in [1.165, 1.54) is 0 Å². The molecule has 6 rings (SSSR count). The summed E-state index contributed by atoms with van der Waals surface area (Å²) in [5, 5.41) is 3.43. The van der Waals surface area contributed by atoms with Gasteiger partial charge in [-0.2, -0.15) is 0 Å². The minimum Gasteiger partial charge on any atom is -0.446 e. The normalized spacial score (nSPS) is 36.7. The first-order valence-electron chi connectivity index (χ1n) is 11.2.